The fourth-order valence-electron chi connectivity index (χ4n) is 2.40. The smallest absolute Gasteiger partial charge is 0.252 e. The molecule has 4 nitrogen and oxygen atoms in total. The summed E-state index contributed by atoms with van der Waals surface area (Å²) in [7, 11) is 1.53. The van der Waals surface area contributed by atoms with Crippen molar-refractivity contribution in [3.05, 3.63) is 0 Å². The molecule has 1 saturated carbocycles. The maximum atomic E-state index is 12.3. The van der Waals surface area contributed by atoms with Crippen LogP contribution in [0.4, 0.5) is 0 Å². The minimum Gasteiger partial charge on any atom is -0.391 e. The minimum absolute atomic E-state index is 0.150. The molecule has 5 heteroatoms. The van der Waals surface area contributed by atoms with Crippen LogP contribution >= 0.6 is 12.2 Å². The lowest BCUT2D eigenvalue weighted by molar-refractivity contribution is -0.141. The molecule has 19 heavy (non-hydrogen) atoms. The maximum Gasteiger partial charge on any atom is 0.252 e. The van der Waals surface area contributed by atoms with E-state index >= 15 is 0 Å². The molecule has 0 atom stereocenters. The van der Waals surface area contributed by atoms with Gasteiger partial charge in [-0.3, -0.25) is 4.79 Å². The normalized spacial score (nSPS) is 20.2. The number of ether oxygens (including phenoxy) is 1. The SMILES string of the molecule is COC(C)(C)C(=O)NC1(C(N)=S)CCCCCCC1. The van der Waals surface area contributed by atoms with Gasteiger partial charge in [-0.05, 0) is 26.7 Å². The zero-order valence-corrected chi connectivity index (χ0v) is 13.1. The molecule has 0 unspecified atom stereocenters. The molecule has 0 aromatic carbocycles. The summed E-state index contributed by atoms with van der Waals surface area (Å²) in [5.41, 5.74) is 4.53. The zero-order valence-electron chi connectivity index (χ0n) is 12.3. The van der Waals surface area contributed by atoms with Gasteiger partial charge in [-0.25, -0.2) is 0 Å². The van der Waals surface area contributed by atoms with Gasteiger partial charge in [0.1, 0.15) is 5.60 Å². The van der Waals surface area contributed by atoms with Crippen LogP contribution in [-0.4, -0.2) is 29.1 Å². The molecule has 1 fully saturated rings. The fraction of sp³-hybridized carbons (Fsp3) is 0.857. The predicted octanol–water partition coefficient (Wildman–Crippen LogP) is 2.30. The van der Waals surface area contributed by atoms with Gasteiger partial charge in [0.15, 0.2) is 0 Å². The highest BCUT2D eigenvalue weighted by molar-refractivity contribution is 7.80. The maximum absolute atomic E-state index is 12.3. The molecule has 0 aliphatic heterocycles. The molecule has 0 heterocycles. The van der Waals surface area contributed by atoms with Gasteiger partial charge in [0.05, 0.1) is 10.5 Å². The number of thiocarbonyl (C=S) groups is 1. The Balaban J connectivity index is 2.86. The first-order chi connectivity index (χ1) is 8.84. The largest absolute Gasteiger partial charge is 0.391 e. The molecule has 0 aromatic rings. The van der Waals surface area contributed by atoms with Crippen molar-refractivity contribution in [1.82, 2.24) is 5.32 Å². The lowest BCUT2D eigenvalue weighted by atomic mass is 9.83. The third-order valence-electron chi connectivity index (χ3n) is 4.09. The first-order valence-corrected chi connectivity index (χ1v) is 7.42. The van der Waals surface area contributed by atoms with Crippen LogP contribution < -0.4 is 11.1 Å². The second-order valence-electron chi connectivity index (χ2n) is 5.88. The first-order valence-electron chi connectivity index (χ1n) is 7.02. The Morgan fingerprint density at radius 2 is 1.68 bits per heavy atom. The van der Waals surface area contributed by atoms with Crippen LogP contribution in [0, 0.1) is 0 Å². The minimum atomic E-state index is -0.861. The van der Waals surface area contributed by atoms with E-state index in [9.17, 15) is 4.79 Å². The van der Waals surface area contributed by atoms with Crippen LogP contribution in [-0.2, 0) is 9.53 Å². The quantitative estimate of drug-likeness (QED) is 0.778. The summed E-state index contributed by atoms with van der Waals surface area (Å²) in [6.45, 7) is 3.50. The molecule has 1 rings (SSSR count). The molecule has 1 aliphatic rings. The van der Waals surface area contributed by atoms with E-state index in [0.717, 1.165) is 25.7 Å². The topological polar surface area (TPSA) is 64.3 Å². The predicted molar refractivity (Wildman–Crippen MR) is 81.1 cm³/mol. The summed E-state index contributed by atoms with van der Waals surface area (Å²) in [6, 6.07) is 0. The van der Waals surface area contributed by atoms with E-state index in [4.69, 9.17) is 22.7 Å². The average molecular weight is 286 g/mol. The number of hydrogen-bond donors (Lipinski definition) is 2. The van der Waals surface area contributed by atoms with Crippen molar-refractivity contribution in [2.75, 3.05) is 7.11 Å². The van der Waals surface area contributed by atoms with Gasteiger partial charge in [-0.1, -0.05) is 44.3 Å². The van der Waals surface area contributed by atoms with Gasteiger partial charge in [-0.15, -0.1) is 0 Å². The Morgan fingerprint density at radius 3 is 2.11 bits per heavy atom. The molecule has 1 amide bonds. The molecule has 0 aromatic heterocycles. The van der Waals surface area contributed by atoms with Crippen molar-refractivity contribution in [3.63, 3.8) is 0 Å². The van der Waals surface area contributed by atoms with Crippen LogP contribution in [0.5, 0.6) is 0 Å². The third kappa shape index (κ3) is 4.14. The number of rotatable bonds is 4. The fourth-order valence-corrected chi connectivity index (χ4v) is 2.66. The van der Waals surface area contributed by atoms with Crippen molar-refractivity contribution in [2.24, 2.45) is 5.73 Å². The summed E-state index contributed by atoms with van der Waals surface area (Å²) in [5.74, 6) is -0.150. The third-order valence-corrected chi connectivity index (χ3v) is 4.48. The van der Waals surface area contributed by atoms with E-state index < -0.39 is 11.1 Å². The lowest BCUT2D eigenvalue weighted by Crippen LogP contribution is -2.61. The Labute approximate surface area is 121 Å². The highest BCUT2D eigenvalue weighted by Crippen LogP contribution is 2.27. The van der Waals surface area contributed by atoms with E-state index in [1.807, 2.05) is 0 Å². The van der Waals surface area contributed by atoms with Crippen LogP contribution in [0.2, 0.25) is 0 Å². The number of methoxy groups -OCH3 is 1. The number of nitrogens with one attached hydrogen (secondary N) is 1. The average Bonchev–Trinajstić information content (AvgIpc) is 2.32. The Kier molecular flexibility index (Phi) is 5.74. The summed E-state index contributed by atoms with van der Waals surface area (Å²) in [6.07, 6.45) is 7.35. The van der Waals surface area contributed by atoms with Crippen molar-refractivity contribution in [2.45, 2.75) is 69.9 Å². The van der Waals surface area contributed by atoms with Gasteiger partial charge in [0.2, 0.25) is 0 Å². The van der Waals surface area contributed by atoms with Crippen LogP contribution in [0.15, 0.2) is 0 Å². The number of amides is 1. The highest BCUT2D eigenvalue weighted by Gasteiger charge is 2.39. The number of nitrogens with two attached hydrogens (primary N) is 1. The lowest BCUT2D eigenvalue weighted by Gasteiger charge is -2.37. The number of carbonyl (C=O) groups excluding carboxylic acids is 1. The first kappa shape index (κ1) is 16.4. The molecule has 0 spiro atoms. The Hall–Kier alpha value is -0.680. The number of carbonyl (C=O) groups is 1. The molecule has 1 aliphatic carbocycles. The van der Waals surface area contributed by atoms with Crippen LogP contribution in [0.25, 0.3) is 0 Å². The van der Waals surface area contributed by atoms with Gasteiger partial charge in [0, 0.05) is 7.11 Å². The standard InChI is InChI=1S/C14H26N2O2S/c1-13(2,18-3)12(17)16-14(11(15)19)9-7-5-4-6-8-10-14/h4-10H2,1-3H3,(H2,15,19)(H,16,17). The Morgan fingerprint density at radius 1 is 1.21 bits per heavy atom. The van der Waals surface area contributed by atoms with Crippen LogP contribution in [0.1, 0.15) is 58.8 Å². The zero-order chi connectivity index (χ0) is 14.5. The second-order valence-corrected chi connectivity index (χ2v) is 6.32. The van der Waals surface area contributed by atoms with Gasteiger partial charge in [-0.2, -0.15) is 0 Å². The summed E-state index contributed by atoms with van der Waals surface area (Å²) < 4.78 is 5.23. The van der Waals surface area contributed by atoms with E-state index in [1.165, 1.54) is 26.4 Å². The Bertz CT molecular complexity index is 334. The van der Waals surface area contributed by atoms with Gasteiger partial charge in [0.25, 0.3) is 5.91 Å². The van der Waals surface area contributed by atoms with Gasteiger partial charge < -0.3 is 15.8 Å². The molecule has 110 valence electrons. The monoisotopic (exact) mass is 286 g/mol. The molecule has 3 N–H and O–H groups in total. The van der Waals surface area contributed by atoms with Gasteiger partial charge >= 0.3 is 0 Å². The number of hydrogen-bond acceptors (Lipinski definition) is 3. The second kappa shape index (κ2) is 6.66. The summed E-state index contributed by atoms with van der Waals surface area (Å²) in [5, 5.41) is 3.06. The molecule has 0 bridgehead atoms. The van der Waals surface area contributed by atoms with E-state index in [1.54, 1.807) is 13.8 Å². The van der Waals surface area contributed by atoms with Crippen molar-refractivity contribution < 1.29 is 9.53 Å². The highest BCUT2D eigenvalue weighted by atomic mass is 32.1. The van der Waals surface area contributed by atoms with E-state index in [0.29, 0.717) is 4.99 Å². The summed E-state index contributed by atoms with van der Waals surface area (Å²) >= 11 is 5.23. The summed E-state index contributed by atoms with van der Waals surface area (Å²) in [4.78, 5) is 12.7. The van der Waals surface area contributed by atoms with Crippen molar-refractivity contribution in [3.8, 4) is 0 Å². The van der Waals surface area contributed by atoms with Crippen molar-refractivity contribution in [1.29, 1.82) is 0 Å². The van der Waals surface area contributed by atoms with Crippen molar-refractivity contribution >= 4 is 23.1 Å². The molecule has 0 radical (unpaired) electrons. The van der Waals surface area contributed by atoms with Crippen LogP contribution in [0.3, 0.4) is 0 Å². The molecule has 0 saturated heterocycles. The van der Waals surface area contributed by atoms with E-state index in [2.05, 4.69) is 5.32 Å². The van der Waals surface area contributed by atoms with E-state index in [-0.39, 0.29) is 5.91 Å². The molecular formula is C14H26N2O2S. The molecular weight excluding hydrogens is 260 g/mol.